The van der Waals surface area contributed by atoms with E-state index in [2.05, 4.69) is 55.6 Å². The van der Waals surface area contributed by atoms with Crippen LogP contribution in [-0.4, -0.2) is 47.4 Å². The SMILES string of the molecule is CCC/C=C\C/C=C\CCCCCCCC(=O)OCCCCCCCC/C=C\CCCCCC(=O)NC(CO)C(O)/C=C/CCCCCCCCCCCCCCCCCCCCC. The van der Waals surface area contributed by atoms with Crippen molar-refractivity contribution in [1.82, 2.24) is 5.32 Å². The number of esters is 1. The lowest BCUT2D eigenvalue weighted by molar-refractivity contribution is -0.143. The fourth-order valence-corrected chi connectivity index (χ4v) is 8.25. The zero-order chi connectivity index (χ0) is 46.5. The molecule has 2 atom stereocenters. The lowest BCUT2D eigenvalue weighted by atomic mass is 10.0. The highest BCUT2D eigenvalue weighted by molar-refractivity contribution is 5.76. The predicted molar refractivity (Wildman–Crippen MR) is 278 cm³/mol. The number of unbranched alkanes of at least 4 members (excludes halogenated alkanes) is 34. The molecule has 0 heterocycles. The highest BCUT2D eigenvalue weighted by atomic mass is 16.5. The van der Waals surface area contributed by atoms with Gasteiger partial charge >= 0.3 is 5.97 Å². The number of nitrogens with one attached hydrogen (secondary N) is 1. The highest BCUT2D eigenvalue weighted by Crippen LogP contribution is 2.16. The molecule has 0 bridgehead atoms. The van der Waals surface area contributed by atoms with E-state index in [-0.39, 0.29) is 18.5 Å². The van der Waals surface area contributed by atoms with E-state index in [1.807, 2.05) is 6.08 Å². The quantitative estimate of drug-likeness (QED) is 0.0321. The van der Waals surface area contributed by atoms with Crippen molar-refractivity contribution in [3.8, 4) is 0 Å². The number of carbonyl (C=O) groups excluding carboxylic acids is 2. The number of hydrogen-bond acceptors (Lipinski definition) is 5. The number of rotatable bonds is 51. The third-order valence-electron chi connectivity index (χ3n) is 12.5. The standard InChI is InChI=1S/C58H107NO5/c1-3-5-7-9-11-13-15-17-18-19-20-21-22-23-24-27-30-34-38-42-46-50-56(61)55(54-60)59-57(62)51-47-43-39-35-31-28-25-29-33-37-41-45-49-53-64-58(63)52-48-44-40-36-32-26-16-14-12-10-8-6-4-2/h8,10,14,16,28,31,46,50,55-56,60-61H,3-7,9,11-13,15,17-27,29-30,32-45,47-49,51-54H2,1-2H3,(H,59,62)/b10-8-,16-14-,31-28-,50-46+. The van der Waals surface area contributed by atoms with Crippen LogP contribution in [0.1, 0.15) is 284 Å². The van der Waals surface area contributed by atoms with Gasteiger partial charge in [-0.05, 0) is 83.5 Å². The molecule has 0 aromatic rings. The summed E-state index contributed by atoms with van der Waals surface area (Å²) in [6.45, 7) is 4.79. The summed E-state index contributed by atoms with van der Waals surface area (Å²) >= 11 is 0. The Balaban J connectivity index is 3.55. The molecule has 0 aliphatic heterocycles. The molecule has 0 aliphatic rings. The molecule has 374 valence electrons. The number of aliphatic hydroxyl groups is 2. The summed E-state index contributed by atoms with van der Waals surface area (Å²) in [7, 11) is 0. The number of hydrogen-bond donors (Lipinski definition) is 3. The molecular formula is C58H107NO5. The van der Waals surface area contributed by atoms with Gasteiger partial charge in [0.2, 0.25) is 5.91 Å². The average Bonchev–Trinajstić information content (AvgIpc) is 3.29. The highest BCUT2D eigenvalue weighted by Gasteiger charge is 2.18. The predicted octanol–water partition coefficient (Wildman–Crippen LogP) is 17.0. The fourth-order valence-electron chi connectivity index (χ4n) is 8.25. The van der Waals surface area contributed by atoms with Crippen LogP contribution in [-0.2, 0) is 14.3 Å². The van der Waals surface area contributed by atoms with Gasteiger partial charge in [0.15, 0.2) is 0 Å². The second kappa shape index (κ2) is 53.4. The van der Waals surface area contributed by atoms with Crippen molar-refractivity contribution < 1.29 is 24.5 Å². The van der Waals surface area contributed by atoms with Gasteiger partial charge in [-0.25, -0.2) is 0 Å². The number of ether oxygens (including phenoxy) is 1. The third-order valence-corrected chi connectivity index (χ3v) is 12.5. The fraction of sp³-hybridized carbons (Fsp3) is 0.828. The first kappa shape index (κ1) is 61.8. The molecule has 0 fully saturated rings. The average molecular weight is 898 g/mol. The van der Waals surface area contributed by atoms with Crippen molar-refractivity contribution in [2.45, 2.75) is 296 Å². The minimum absolute atomic E-state index is 0.0297. The first-order chi connectivity index (χ1) is 31.5. The molecule has 0 rings (SSSR count). The van der Waals surface area contributed by atoms with Crippen LogP contribution < -0.4 is 5.32 Å². The van der Waals surface area contributed by atoms with Crippen LogP contribution in [0.15, 0.2) is 48.6 Å². The van der Waals surface area contributed by atoms with E-state index in [1.54, 1.807) is 6.08 Å². The van der Waals surface area contributed by atoms with Crippen molar-refractivity contribution in [1.29, 1.82) is 0 Å². The summed E-state index contributed by atoms with van der Waals surface area (Å²) in [5.41, 5.74) is 0. The Hall–Kier alpha value is -2.18. The Morgan fingerprint density at radius 2 is 0.812 bits per heavy atom. The molecule has 0 spiro atoms. The van der Waals surface area contributed by atoms with E-state index in [1.165, 1.54) is 173 Å². The number of amides is 1. The van der Waals surface area contributed by atoms with E-state index in [9.17, 15) is 19.8 Å². The van der Waals surface area contributed by atoms with Crippen LogP contribution in [0.4, 0.5) is 0 Å². The molecule has 0 radical (unpaired) electrons. The Morgan fingerprint density at radius 3 is 1.28 bits per heavy atom. The van der Waals surface area contributed by atoms with Crippen molar-refractivity contribution in [2.75, 3.05) is 13.2 Å². The maximum atomic E-state index is 12.5. The minimum Gasteiger partial charge on any atom is -0.466 e. The van der Waals surface area contributed by atoms with E-state index < -0.39 is 12.1 Å². The van der Waals surface area contributed by atoms with Gasteiger partial charge in [0.1, 0.15) is 0 Å². The molecule has 2 unspecified atom stereocenters. The molecule has 0 saturated carbocycles. The van der Waals surface area contributed by atoms with Gasteiger partial charge in [-0.1, -0.05) is 236 Å². The van der Waals surface area contributed by atoms with Gasteiger partial charge in [0.05, 0.1) is 25.4 Å². The number of carbonyl (C=O) groups is 2. The van der Waals surface area contributed by atoms with Crippen molar-refractivity contribution in [3.05, 3.63) is 48.6 Å². The van der Waals surface area contributed by atoms with Gasteiger partial charge < -0.3 is 20.3 Å². The molecule has 0 aliphatic carbocycles. The van der Waals surface area contributed by atoms with Gasteiger partial charge in [-0.3, -0.25) is 9.59 Å². The lowest BCUT2D eigenvalue weighted by Gasteiger charge is -2.19. The van der Waals surface area contributed by atoms with Crippen LogP contribution in [0.25, 0.3) is 0 Å². The van der Waals surface area contributed by atoms with Crippen molar-refractivity contribution in [3.63, 3.8) is 0 Å². The van der Waals surface area contributed by atoms with Crippen LogP contribution in [0.5, 0.6) is 0 Å². The largest absolute Gasteiger partial charge is 0.466 e. The van der Waals surface area contributed by atoms with Crippen molar-refractivity contribution >= 4 is 11.9 Å². The summed E-state index contributed by atoms with van der Waals surface area (Å²) in [5, 5.41) is 23.1. The zero-order valence-electron chi connectivity index (χ0n) is 42.5. The Kier molecular flexibility index (Phi) is 51.6. The molecule has 1 amide bonds. The second-order valence-electron chi connectivity index (χ2n) is 18.9. The van der Waals surface area contributed by atoms with Gasteiger partial charge in [0, 0.05) is 12.8 Å². The molecule has 0 aromatic heterocycles. The molecule has 6 nitrogen and oxygen atoms in total. The van der Waals surface area contributed by atoms with Crippen LogP contribution in [0.3, 0.4) is 0 Å². The first-order valence-electron chi connectivity index (χ1n) is 27.9. The Morgan fingerprint density at radius 1 is 0.438 bits per heavy atom. The van der Waals surface area contributed by atoms with E-state index in [0.717, 1.165) is 83.5 Å². The van der Waals surface area contributed by atoms with Gasteiger partial charge in [-0.15, -0.1) is 0 Å². The monoisotopic (exact) mass is 898 g/mol. The van der Waals surface area contributed by atoms with Crippen LogP contribution >= 0.6 is 0 Å². The molecule has 64 heavy (non-hydrogen) atoms. The molecule has 6 heteroatoms. The third kappa shape index (κ3) is 49.3. The van der Waals surface area contributed by atoms with Crippen LogP contribution in [0, 0.1) is 0 Å². The zero-order valence-corrected chi connectivity index (χ0v) is 42.5. The molecule has 0 saturated heterocycles. The van der Waals surface area contributed by atoms with Crippen molar-refractivity contribution in [2.24, 2.45) is 0 Å². The van der Waals surface area contributed by atoms with Gasteiger partial charge in [0.25, 0.3) is 0 Å². The lowest BCUT2D eigenvalue weighted by Crippen LogP contribution is -2.45. The second-order valence-corrected chi connectivity index (χ2v) is 18.9. The maximum Gasteiger partial charge on any atom is 0.305 e. The smallest absolute Gasteiger partial charge is 0.305 e. The first-order valence-corrected chi connectivity index (χ1v) is 27.9. The summed E-state index contributed by atoms with van der Waals surface area (Å²) in [5.74, 6) is -0.128. The Bertz CT molecular complexity index is 1080. The summed E-state index contributed by atoms with van der Waals surface area (Å²) in [4.78, 5) is 24.5. The number of allylic oxidation sites excluding steroid dienone is 7. The van der Waals surface area contributed by atoms with E-state index in [4.69, 9.17) is 4.74 Å². The maximum absolute atomic E-state index is 12.5. The van der Waals surface area contributed by atoms with Crippen LogP contribution in [0.2, 0.25) is 0 Å². The summed E-state index contributed by atoms with van der Waals surface area (Å²) in [6, 6.07) is -0.650. The van der Waals surface area contributed by atoms with E-state index in [0.29, 0.717) is 19.4 Å². The summed E-state index contributed by atoms with van der Waals surface area (Å²) < 4.78 is 5.44. The topological polar surface area (TPSA) is 95.9 Å². The molecule has 0 aromatic carbocycles. The Labute approximate surface area is 397 Å². The minimum atomic E-state index is -0.864. The molecular weight excluding hydrogens is 791 g/mol. The molecule has 3 N–H and O–H groups in total. The van der Waals surface area contributed by atoms with Gasteiger partial charge in [-0.2, -0.15) is 0 Å². The normalized spacial score (nSPS) is 13.0. The van der Waals surface area contributed by atoms with E-state index >= 15 is 0 Å². The summed E-state index contributed by atoms with van der Waals surface area (Å²) in [6.07, 6.45) is 66.9. The number of aliphatic hydroxyl groups excluding tert-OH is 2.